The molecule has 1 amide bonds. The highest BCUT2D eigenvalue weighted by molar-refractivity contribution is 5.79. The Balaban J connectivity index is 2.44. The van der Waals surface area contributed by atoms with Gasteiger partial charge in [-0.1, -0.05) is 13.8 Å². The Kier molecular flexibility index (Phi) is 6.09. The fourth-order valence-corrected chi connectivity index (χ4v) is 2.85. The Labute approximate surface area is 110 Å². The summed E-state index contributed by atoms with van der Waals surface area (Å²) in [7, 11) is 0. The van der Waals surface area contributed by atoms with E-state index in [1.165, 1.54) is 0 Å². The largest absolute Gasteiger partial charge is 0.396 e. The lowest BCUT2D eigenvalue weighted by atomic mass is 9.79. The van der Waals surface area contributed by atoms with E-state index in [9.17, 15) is 4.79 Å². The number of amides is 1. The third-order valence-electron chi connectivity index (χ3n) is 4.62. The third-order valence-corrected chi connectivity index (χ3v) is 4.62. The normalized spacial score (nSPS) is 24.2. The molecule has 4 heteroatoms. The number of aliphatic hydroxyl groups excluding tert-OH is 1. The Bertz CT molecular complexity index is 265. The third kappa shape index (κ3) is 3.95. The molecule has 1 aliphatic carbocycles. The number of rotatable bonds is 7. The molecular weight excluding hydrogens is 228 g/mol. The average Bonchev–Trinajstić information content (AvgIpc) is 2.81. The molecule has 0 aromatic carbocycles. The van der Waals surface area contributed by atoms with Crippen molar-refractivity contribution in [1.82, 2.24) is 5.32 Å². The number of carbonyl (C=O) groups is 1. The van der Waals surface area contributed by atoms with E-state index in [1.54, 1.807) is 0 Å². The molecule has 0 bridgehead atoms. The van der Waals surface area contributed by atoms with Crippen molar-refractivity contribution in [3.63, 3.8) is 0 Å². The minimum absolute atomic E-state index is 0.0468. The van der Waals surface area contributed by atoms with Crippen molar-refractivity contribution in [2.24, 2.45) is 17.1 Å². The second-order valence-electron chi connectivity index (χ2n) is 5.67. The highest BCUT2D eigenvalue weighted by Crippen LogP contribution is 2.30. The fourth-order valence-electron chi connectivity index (χ4n) is 2.85. The van der Waals surface area contributed by atoms with Gasteiger partial charge < -0.3 is 16.2 Å². The molecule has 0 radical (unpaired) electrons. The summed E-state index contributed by atoms with van der Waals surface area (Å²) in [5.74, 6) is 0.243. The van der Waals surface area contributed by atoms with Crippen LogP contribution in [0.15, 0.2) is 0 Å². The van der Waals surface area contributed by atoms with E-state index < -0.39 is 0 Å². The summed E-state index contributed by atoms with van der Waals surface area (Å²) in [6.45, 7) is 5.10. The standard InChI is InChI=1S/C14H28N2O2/c1-3-14(4-2,7-8-17)10-16-13(18)11-5-6-12(15)9-11/h11-12,17H,3-10,15H2,1-2H3,(H,16,18). The zero-order valence-corrected chi connectivity index (χ0v) is 11.7. The Morgan fingerprint density at radius 3 is 2.50 bits per heavy atom. The predicted octanol–water partition coefficient (Wildman–Crippen LogP) is 1.42. The van der Waals surface area contributed by atoms with Crippen molar-refractivity contribution in [2.75, 3.05) is 13.2 Å². The van der Waals surface area contributed by atoms with E-state index in [1.807, 2.05) is 0 Å². The first-order chi connectivity index (χ1) is 8.56. The second kappa shape index (κ2) is 7.10. The lowest BCUT2D eigenvalue weighted by Crippen LogP contribution is -2.40. The van der Waals surface area contributed by atoms with Crippen LogP contribution in [0.25, 0.3) is 0 Å². The summed E-state index contributed by atoms with van der Waals surface area (Å²) >= 11 is 0. The number of hydrogen-bond donors (Lipinski definition) is 3. The maximum Gasteiger partial charge on any atom is 0.223 e. The first kappa shape index (κ1) is 15.4. The van der Waals surface area contributed by atoms with Gasteiger partial charge in [-0.25, -0.2) is 0 Å². The van der Waals surface area contributed by atoms with Crippen molar-refractivity contribution in [1.29, 1.82) is 0 Å². The van der Waals surface area contributed by atoms with Crippen LogP contribution < -0.4 is 11.1 Å². The van der Waals surface area contributed by atoms with Crippen LogP contribution in [0.2, 0.25) is 0 Å². The molecule has 106 valence electrons. The molecule has 18 heavy (non-hydrogen) atoms. The van der Waals surface area contributed by atoms with Gasteiger partial charge in [-0.15, -0.1) is 0 Å². The molecule has 1 aliphatic rings. The summed E-state index contributed by atoms with van der Waals surface area (Å²) in [6, 6.07) is 0.195. The molecule has 0 heterocycles. The summed E-state index contributed by atoms with van der Waals surface area (Å²) in [5.41, 5.74) is 5.88. The lowest BCUT2D eigenvalue weighted by Gasteiger charge is -2.31. The molecular formula is C14H28N2O2. The van der Waals surface area contributed by atoms with Gasteiger partial charge in [0.2, 0.25) is 5.91 Å². The number of aliphatic hydroxyl groups is 1. The van der Waals surface area contributed by atoms with Crippen molar-refractivity contribution in [3.8, 4) is 0 Å². The van der Waals surface area contributed by atoms with E-state index in [4.69, 9.17) is 10.8 Å². The quantitative estimate of drug-likeness (QED) is 0.645. The molecule has 0 aromatic rings. The van der Waals surface area contributed by atoms with Crippen LogP contribution in [-0.4, -0.2) is 30.2 Å². The van der Waals surface area contributed by atoms with Gasteiger partial charge in [-0.05, 0) is 43.9 Å². The molecule has 2 unspecified atom stereocenters. The zero-order valence-electron chi connectivity index (χ0n) is 11.7. The van der Waals surface area contributed by atoms with Gasteiger partial charge in [-0.2, -0.15) is 0 Å². The van der Waals surface area contributed by atoms with Crippen LogP contribution in [0.4, 0.5) is 0 Å². The molecule has 4 nitrogen and oxygen atoms in total. The van der Waals surface area contributed by atoms with E-state index in [2.05, 4.69) is 19.2 Å². The minimum Gasteiger partial charge on any atom is -0.396 e. The molecule has 1 rings (SSSR count). The van der Waals surface area contributed by atoms with Crippen molar-refractivity contribution < 1.29 is 9.90 Å². The van der Waals surface area contributed by atoms with Gasteiger partial charge in [0.15, 0.2) is 0 Å². The monoisotopic (exact) mass is 256 g/mol. The van der Waals surface area contributed by atoms with Crippen molar-refractivity contribution >= 4 is 5.91 Å². The van der Waals surface area contributed by atoms with E-state index in [-0.39, 0.29) is 29.9 Å². The van der Waals surface area contributed by atoms with E-state index in [0.717, 1.165) is 38.5 Å². The van der Waals surface area contributed by atoms with Crippen LogP contribution in [-0.2, 0) is 4.79 Å². The van der Waals surface area contributed by atoms with E-state index in [0.29, 0.717) is 6.54 Å². The van der Waals surface area contributed by atoms with Crippen LogP contribution in [0.3, 0.4) is 0 Å². The van der Waals surface area contributed by atoms with Crippen LogP contribution >= 0.6 is 0 Å². The summed E-state index contributed by atoms with van der Waals surface area (Å²) in [6.07, 6.45) is 5.41. The first-order valence-electron chi connectivity index (χ1n) is 7.21. The van der Waals surface area contributed by atoms with Crippen LogP contribution in [0.1, 0.15) is 52.4 Å². The number of nitrogens with one attached hydrogen (secondary N) is 1. The maximum atomic E-state index is 12.0. The Morgan fingerprint density at radius 1 is 1.39 bits per heavy atom. The summed E-state index contributed by atoms with van der Waals surface area (Å²) < 4.78 is 0. The van der Waals surface area contributed by atoms with Crippen LogP contribution in [0.5, 0.6) is 0 Å². The molecule has 0 aromatic heterocycles. The molecule has 2 atom stereocenters. The molecule has 1 saturated carbocycles. The van der Waals surface area contributed by atoms with Gasteiger partial charge in [0, 0.05) is 25.1 Å². The summed E-state index contributed by atoms with van der Waals surface area (Å²) in [5, 5.41) is 12.2. The topological polar surface area (TPSA) is 75.3 Å². The predicted molar refractivity (Wildman–Crippen MR) is 73.0 cm³/mol. The van der Waals surface area contributed by atoms with E-state index >= 15 is 0 Å². The Hall–Kier alpha value is -0.610. The molecule has 0 aliphatic heterocycles. The van der Waals surface area contributed by atoms with Gasteiger partial charge in [-0.3, -0.25) is 4.79 Å². The Morgan fingerprint density at radius 2 is 2.06 bits per heavy atom. The fraction of sp³-hybridized carbons (Fsp3) is 0.929. The van der Waals surface area contributed by atoms with Crippen molar-refractivity contribution in [3.05, 3.63) is 0 Å². The molecule has 4 N–H and O–H groups in total. The molecule has 1 fully saturated rings. The lowest BCUT2D eigenvalue weighted by molar-refractivity contribution is -0.125. The molecule has 0 spiro atoms. The highest BCUT2D eigenvalue weighted by atomic mass is 16.3. The average molecular weight is 256 g/mol. The summed E-state index contributed by atoms with van der Waals surface area (Å²) in [4.78, 5) is 12.0. The van der Waals surface area contributed by atoms with Gasteiger partial charge in [0.1, 0.15) is 0 Å². The number of hydrogen-bond acceptors (Lipinski definition) is 3. The second-order valence-corrected chi connectivity index (χ2v) is 5.67. The highest BCUT2D eigenvalue weighted by Gasteiger charge is 2.30. The van der Waals surface area contributed by atoms with Gasteiger partial charge in [0.25, 0.3) is 0 Å². The number of nitrogens with two attached hydrogens (primary N) is 1. The maximum absolute atomic E-state index is 12.0. The minimum atomic E-state index is 0.0468. The van der Waals surface area contributed by atoms with Crippen LogP contribution in [0, 0.1) is 11.3 Å². The van der Waals surface area contributed by atoms with Crippen molar-refractivity contribution in [2.45, 2.75) is 58.4 Å². The van der Waals surface area contributed by atoms with Gasteiger partial charge in [0.05, 0.1) is 0 Å². The smallest absolute Gasteiger partial charge is 0.223 e. The molecule has 0 saturated heterocycles. The zero-order chi connectivity index (χ0) is 13.6. The SMILES string of the molecule is CCC(CC)(CCO)CNC(=O)C1CCC(N)C1. The van der Waals surface area contributed by atoms with Gasteiger partial charge >= 0.3 is 0 Å². The first-order valence-corrected chi connectivity index (χ1v) is 7.21. The number of carbonyl (C=O) groups excluding carboxylic acids is 1.